The van der Waals surface area contributed by atoms with Crippen molar-refractivity contribution in [3.8, 4) is 11.5 Å². The van der Waals surface area contributed by atoms with Gasteiger partial charge in [0.25, 0.3) is 0 Å². The molecule has 0 aliphatic rings. The fourth-order valence-electron chi connectivity index (χ4n) is 2.02. The van der Waals surface area contributed by atoms with Gasteiger partial charge in [-0.2, -0.15) is 0 Å². The number of hydrazine groups is 1. The Hall–Kier alpha value is -1.82. The molecule has 106 valence electrons. The highest BCUT2D eigenvalue weighted by molar-refractivity contribution is 6.29. The van der Waals surface area contributed by atoms with E-state index < -0.39 is 0 Å². The highest BCUT2D eigenvalue weighted by Gasteiger charge is 2.18. The predicted molar refractivity (Wildman–Crippen MR) is 78.0 cm³/mol. The molecule has 0 aliphatic heterocycles. The summed E-state index contributed by atoms with van der Waals surface area (Å²) in [7, 11) is 3.21. The van der Waals surface area contributed by atoms with E-state index in [2.05, 4.69) is 10.4 Å². The Labute approximate surface area is 122 Å². The van der Waals surface area contributed by atoms with E-state index in [-0.39, 0.29) is 6.04 Å². The Morgan fingerprint density at radius 2 is 2.00 bits per heavy atom. The lowest BCUT2D eigenvalue weighted by atomic mass is 9.99. The van der Waals surface area contributed by atoms with Gasteiger partial charge in [0.15, 0.2) is 0 Å². The van der Waals surface area contributed by atoms with E-state index in [1.165, 1.54) is 0 Å². The smallest absolute Gasteiger partial charge is 0.129 e. The Bertz CT molecular complexity index is 592. The van der Waals surface area contributed by atoms with E-state index >= 15 is 0 Å². The van der Waals surface area contributed by atoms with Gasteiger partial charge < -0.3 is 9.47 Å². The van der Waals surface area contributed by atoms with Crippen LogP contribution in [0.5, 0.6) is 11.5 Å². The summed E-state index contributed by atoms with van der Waals surface area (Å²) >= 11 is 5.92. The normalized spacial score (nSPS) is 12.0. The van der Waals surface area contributed by atoms with Gasteiger partial charge in [0, 0.05) is 17.8 Å². The first-order valence-electron chi connectivity index (χ1n) is 5.99. The maximum atomic E-state index is 5.92. The van der Waals surface area contributed by atoms with Crippen LogP contribution in [0.2, 0.25) is 5.15 Å². The largest absolute Gasteiger partial charge is 0.497 e. The first-order valence-corrected chi connectivity index (χ1v) is 6.37. The summed E-state index contributed by atoms with van der Waals surface area (Å²) in [5.74, 6) is 7.08. The number of rotatable bonds is 5. The third-order valence-corrected chi connectivity index (χ3v) is 3.21. The molecule has 0 spiro atoms. The van der Waals surface area contributed by atoms with Crippen LogP contribution < -0.4 is 20.7 Å². The summed E-state index contributed by atoms with van der Waals surface area (Å²) in [6, 6.07) is 8.91. The molecule has 2 aromatic rings. The van der Waals surface area contributed by atoms with Gasteiger partial charge in [-0.15, -0.1) is 0 Å². The zero-order valence-electron chi connectivity index (χ0n) is 11.3. The number of hydrogen-bond acceptors (Lipinski definition) is 5. The fraction of sp³-hybridized carbons (Fsp3) is 0.214. The first-order chi connectivity index (χ1) is 9.69. The average Bonchev–Trinajstić information content (AvgIpc) is 2.48. The van der Waals surface area contributed by atoms with Crippen LogP contribution in [0, 0.1) is 0 Å². The number of hydrogen-bond donors (Lipinski definition) is 2. The zero-order valence-corrected chi connectivity index (χ0v) is 12.0. The standard InChI is InChI=1S/C14H16ClN3O2/c1-19-10-3-4-11(12(8-10)20-2)14(18-16)9-5-6-17-13(15)7-9/h3-8,14,18H,16H2,1-2H3. The molecule has 0 fully saturated rings. The van der Waals surface area contributed by atoms with Crippen molar-refractivity contribution in [2.24, 2.45) is 5.84 Å². The second-order valence-corrected chi connectivity index (χ2v) is 4.51. The van der Waals surface area contributed by atoms with Crippen molar-refractivity contribution in [2.45, 2.75) is 6.04 Å². The second-order valence-electron chi connectivity index (χ2n) is 4.12. The SMILES string of the molecule is COc1ccc(C(NN)c2ccnc(Cl)c2)c(OC)c1. The molecule has 0 radical (unpaired) electrons. The van der Waals surface area contributed by atoms with Crippen LogP contribution in [0.15, 0.2) is 36.5 Å². The van der Waals surface area contributed by atoms with Crippen LogP contribution in [0.1, 0.15) is 17.2 Å². The number of nitrogens with two attached hydrogens (primary N) is 1. The molecular weight excluding hydrogens is 278 g/mol. The summed E-state index contributed by atoms with van der Waals surface area (Å²) in [5, 5.41) is 0.412. The molecule has 1 heterocycles. The van der Waals surface area contributed by atoms with Gasteiger partial charge in [-0.05, 0) is 29.8 Å². The Kier molecular flexibility index (Phi) is 4.79. The topological polar surface area (TPSA) is 69.4 Å². The predicted octanol–water partition coefficient (Wildman–Crippen LogP) is 2.30. The molecule has 20 heavy (non-hydrogen) atoms. The van der Waals surface area contributed by atoms with Gasteiger partial charge in [0.2, 0.25) is 0 Å². The lowest BCUT2D eigenvalue weighted by Crippen LogP contribution is -2.29. The number of halogens is 1. The van der Waals surface area contributed by atoms with Crippen molar-refractivity contribution >= 4 is 11.6 Å². The Balaban J connectivity index is 2.46. The maximum Gasteiger partial charge on any atom is 0.129 e. The number of aromatic nitrogens is 1. The van der Waals surface area contributed by atoms with Gasteiger partial charge in [-0.25, -0.2) is 10.4 Å². The van der Waals surface area contributed by atoms with E-state index in [1.807, 2.05) is 24.3 Å². The lowest BCUT2D eigenvalue weighted by molar-refractivity contribution is 0.387. The molecule has 0 aliphatic carbocycles. The highest BCUT2D eigenvalue weighted by Crippen LogP contribution is 2.32. The van der Waals surface area contributed by atoms with Crippen LogP contribution in [0.25, 0.3) is 0 Å². The van der Waals surface area contributed by atoms with Gasteiger partial charge >= 0.3 is 0 Å². The minimum Gasteiger partial charge on any atom is -0.497 e. The molecule has 1 unspecified atom stereocenters. The van der Waals surface area contributed by atoms with Crippen LogP contribution in [0.3, 0.4) is 0 Å². The Morgan fingerprint density at radius 3 is 2.60 bits per heavy atom. The van der Waals surface area contributed by atoms with Crippen molar-refractivity contribution in [3.05, 3.63) is 52.8 Å². The van der Waals surface area contributed by atoms with Gasteiger partial charge in [-0.3, -0.25) is 5.84 Å². The molecule has 0 amide bonds. The maximum absolute atomic E-state index is 5.92. The monoisotopic (exact) mass is 293 g/mol. The average molecular weight is 294 g/mol. The highest BCUT2D eigenvalue weighted by atomic mass is 35.5. The molecule has 2 rings (SSSR count). The minimum atomic E-state index is -0.253. The third kappa shape index (κ3) is 3.01. The van der Waals surface area contributed by atoms with E-state index in [0.717, 1.165) is 11.1 Å². The lowest BCUT2D eigenvalue weighted by Gasteiger charge is -2.20. The van der Waals surface area contributed by atoms with Crippen molar-refractivity contribution < 1.29 is 9.47 Å². The number of pyridine rings is 1. The van der Waals surface area contributed by atoms with E-state index in [9.17, 15) is 0 Å². The van der Waals surface area contributed by atoms with Crippen molar-refractivity contribution in [1.82, 2.24) is 10.4 Å². The van der Waals surface area contributed by atoms with Crippen LogP contribution in [-0.4, -0.2) is 19.2 Å². The molecule has 0 saturated carbocycles. The quantitative estimate of drug-likeness (QED) is 0.503. The number of ether oxygens (including phenoxy) is 2. The molecule has 1 atom stereocenters. The van der Waals surface area contributed by atoms with Crippen molar-refractivity contribution in [1.29, 1.82) is 0 Å². The van der Waals surface area contributed by atoms with E-state index in [4.69, 9.17) is 26.9 Å². The fourth-order valence-corrected chi connectivity index (χ4v) is 2.20. The molecule has 1 aromatic carbocycles. The summed E-state index contributed by atoms with van der Waals surface area (Å²) < 4.78 is 10.6. The number of nitrogens with zero attached hydrogens (tertiary/aromatic N) is 1. The summed E-state index contributed by atoms with van der Waals surface area (Å²) in [5.41, 5.74) is 4.55. The van der Waals surface area contributed by atoms with Crippen LogP contribution in [-0.2, 0) is 0 Å². The Morgan fingerprint density at radius 1 is 1.20 bits per heavy atom. The zero-order chi connectivity index (χ0) is 14.5. The minimum absolute atomic E-state index is 0.253. The first kappa shape index (κ1) is 14.6. The second kappa shape index (κ2) is 6.56. The van der Waals surface area contributed by atoms with Gasteiger partial charge in [-0.1, -0.05) is 11.6 Å². The van der Waals surface area contributed by atoms with Gasteiger partial charge in [0.05, 0.1) is 20.3 Å². The molecule has 0 saturated heterocycles. The van der Waals surface area contributed by atoms with E-state index in [0.29, 0.717) is 16.7 Å². The summed E-state index contributed by atoms with van der Waals surface area (Å²) in [6.45, 7) is 0. The van der Waals surface area contributed by atoms with Crippen LogP contribution in [0.4, 0.5) is 0 Å². The number of methoxy groups -OCH3 is 2. The molecule has 5 nitrogen and oxygen atoms in total. The third-order valence-electron chi connectivity index (χ3n) is 3.00. The van der Waals surface area contributed by atoms with Crippen LogP contribution >= 0.6 is 11.6 Å². The molecule has 3 N–H and O–H groups in total. The molecular formula is C14H16ClN3O2. The number of benzene rings is 1. The summed E-state index contributed by atoms with van der Waals surface area (Å²) in [4.78, 5) is 3.97. The molecule has 1 aromatic heterocycles. The van der Waals surface area contributed by atoms with Crippen molar-refractivity contribution in [3.63, 3.8) is 0 Å². The molecule has 6 heteroatoms. The molecule has 0 bridgehead atoms. The summed E-state index contributed by atoms with van der Waals surface area (Å²) in [6.07, 6.45) is 1.64. The van der Waals surface area contributed by atoms with E-state index in [1.54, 1.807) is 26.5 Å². The van der Waals surface area contributed by atoms with Gasteiger partial charge in [0.1, 0.15) is 16.7 Å². The van der Waals surface area contributed by atoms with Crippen molar-refractivity contribution in [2.75, 3.05) is 14.2 Å². The number of nitrogens with one attached hydrogen (secondary N) is 1.